The molecule has 1 heterocycles. The van der Waals surface area contributed by atoms with Gasteiger partial charge in [0.25, 0.3) is 0 Å². The molecule has 0 aromatic rings. The Morgan fingerprint density at radius 3 is 2.91 bits per heavy atom. The first-order valence-corrected chi connectivity index (χ1v) is 3.30. The van der Waals surface area contributed by atoms with Crippen molar-refractivity contribution in [2.75, 3.05) is 0 Å². The fraction of sp³-hybridized carbons (Fsp3) is 0.200. The van der Waals surface area contributed by atoms with E-state index in [0.29, 0.717) is 10.7 Å². The molecule has 5 nitrogen and oxygen atoms in total. The number of rotatable bonds is 1. The van der Waals surface area contributed by atoms with Crippen molar-refractivity contribution in [1.82, 2.24) is 5.43 Å². The van der Waals surface area contributed by atoms with Crippen molar-refractivity contribution in [3.8, 4) is 0 Å². The Balaban J connectivity index is 2.88. The van der Waals surface area contributed by atoms with Gasteiger partial charge in [0.1, 0.15) is 17.7 Å². The van der Waals surface area contributed by atoms with Crippen LogP contribution < -0.4 is 17.0 Å². The molecule has 11 heavy (non-hydrogen) atoms. The van der Waals surface area contributed by atoms with E-state index in [1.54, 1.807) is 0 Å². The average molecular weight is 174 g/mol. The van der Waals surface area contributed by atoms with Crippen molar-refractivity contribution in [2.45, 2.75) is 6.17 Å². The van der Waals surface area contributed by atoms with Gasteiger partial charge in [0.2, 0.25) is 0 Å². The van der Waals surface area contributed by atoms with E-state index in [-0.39, 0.29) is 6.17 Å². The van der Waals surface area contributed by atoms with Crippen LogP contribution in [0.2, 0.25) is 0 Å². The largest absolute Gasteiger partial charge is 0.404 e. The molecule has 0 saturated heterocycles. The fourth-order valence-electron chi connectivity index (χ4n) is 0.711. The van der Waals surface area contributed by atoms with Gasteiger partial charge in [-0.25, -0.2) is 15.4 Å². The van der Waals surface area contributed by atoms with E-state index >= 15 is 0 Å². The van der Waals surface area contributed by atoms with Crippen molar-refractivity contribution >= 4 is 23.1 Å². The highest BCUT2D eigenvalue weighted by molar-refractivity contribution is 6.70. The molecule has 0 aromatic carbocycles. The molecule has 0 amide bonds. The summed E-state index contributed by atoms with van der Waals surface area (Å²) >= 11 is 5.67. The van der Waals surface area contributed by atoms with Crippen molar-refractivity contribution in [1.29, 1.82) is 0 Å². The molecule has 5 N–H and O–H groups in total. The number of aliphatic imine (C=N–C) groups is 2. The second-order valence-electron chi connectivity index (χ2n) is 1.88. The molecule has 1 rings (SSSR count). The molecule has 0 radical (unpaired) electrons. The van der Waals surface area contributed by atoms with Crippen LogP contribution in [0.5, 0.6) is 0 Å². The monoisotopic (exact) mass is 173 g/mol. The van der Waals surface area contributed by atoms with Gasteiger partial charge >= 0.3 is 0 Å². The summed E-state index contributed by atoms with van der Waals surface area (Å²) in [5.41, 5.74) is 8.27. The zero-order chi connectivity index (χ0) is 8.27. The highest BCUT2D eigenvalue weighted by Gasteiger charge is 2.17. The van der Waals surface area contributed by atoms with E-state index in [1.165, 1.54) is 12.5 Å². The number of halogens is 1. The molecule has 0 bridgehead atoms. The molecule has 1 unspecified atom stereocenters. The molecular weight excluding hydrogens is 166 g/mol. The minimum absolute atomic E-state index is 0.311. The maximum Gasteiger partial charge on any atom is 0.143 e. The lowest BCUT2D eigenvalue weighted by Crippen LogP contribution is -2.38. The van der Waals surface area contributed by atoms with Gasteiger partial charge in [-0.2, -0.15) is 0 Å². The number of nitrogens with two attached hydrogens (primary N) is 2. The van der Waals surface area contributed by atoms with Crippen LogP contribution in [-0.2, 0) is 0 Å². The fourth-order valence-corrected chi connectivity index (χ4v) is 0.921. The van der Waals surface area contributed by atoms with Gasteiger partial charge in [-0.15, -0.1) is 0 Å². The molecule has 1 atom stereocenters. The summed E-state index contributed by atoms with van der Waals surface area (Å²) in [6, 6.07) is 0. The molecule has 0 aliphatic carbocycles. The van der Waals surface area contributed by atoms with E-state index in [9.17, 15) is 0 Å². The minimum Gasteiger partial charge on any atom is -0.404 e. The van der Waals surface area contributed by atoms with Crippen LogP contribution in [0.15, 0.2) is 21.8 Å². The predicted molar refractivity (Wildman–Crippen MR) is 45.2 cm³/mol. The summed E-state index contributed by atoms with van der Waals surface area (Å²) in [6.45, 7) is 0. The summed E-state index contributed by atoms with van der Waals surface area (Å²) in [7, 11) is 0. The third-order valence-corrected chi connectivity index (χ3v) is 1.57. The van der Waals surface area contributed by atoms with Crippen LogP contribution >= 0.6 is 11.6 Å². The normalized spacial score (nSPS) is 27.3. The minimum atomic E-state index is -0.384. The smallest absolute Gasteiger partial charge is 0.143 e. The lowest BCUT2D eigenvalue weighted by Gasteiger charge is -2.15. The second kappa shape index (κ2) is 3.47. The molecule has 0 aromatic heterocycles. The highest BCUT2D eigenvalue weighted by Crippen LogP contribution is 2.10. The van der Waals surface area contributed by atoms with Gasteiger partial charge < -0.3 is 5.73 Å². The van der Waals surface area contributed by atoms with Crippen LogP contribution in [0, 0.1) is 0 Å². The Kier molecular flexibility index (Phi) is 2.58. The van der Waals surface area contributed by atoms with Gasteiger partial charge in [-0.05, 0) is 0 Å². The van der Waals surface area contributed by atoms with E-state index < -0.39 is 0 Å². The van der Waals surface area contributed by atoms with Gasteiger partial charge in [0.05, 0.1) is 0 Å². The van der Waals surface area contributed by atoms with Crippen molar-refractivity contribution < 1.29 is 0 Å². The summed E-state index contributed by atoms with van der Waals surface area (Å²) < 4.78 is 0. The second-order valence-corrected chi connectivity index (χ2v) is 2.23. The number of hydrogen-bond acceptors (Lipinski definition) is 5. The molecule has 60 valence electrons. The summed E-state index contributed by atoms with van der Waals surface area (Å²) in [5.74, 6) is 5.16. The van der Waals surface area contributed by atoms with E-state index in [4.69, 9.17) is 23.2 Å². The molecular formula is C5H8ClN5. The molecule has 0 saturated carbocycles. The van der Waals surface area contributed by atoms with Crippen molar-refractivity contribution in [3.63, 3.8) is 0 Å². The molecule has 1 aliphatic rings. The number of hydrazine groups is 1. The third-order valence-electron chi connectivity index (χ3n) is 1.26. The van der Waals surface area contributed by atoms with E-state index in [0.717, 1.165) is 0 Å². The first-order valence-electron chi connectivity index (χ1n) is 2.93. The summed E-state index contributed by atoms with van der Waals surface area (Å²) in [4.78, 5) is 7.60. The maximum absolute atomic E-state index is 5.67. The third kappa shape index (κ3) is 1.56. The molecule has 0 spiro atoms. The van der Waals surface area contributed by atoms with E-state index in [1.807, 2.05) is 0 Å². The Bertz CT molecular complexity index is 231. The van der Waals surface area contributed by atoms with Crippen molar-refractivity contribution in [2.24, 2.45) is 21.6 Å². The molecule has 1 aliphatic heterocycles. The summed E-state index contributed by atoms with van der Waals surface area (Å²) in [6.07, 6.45) is 2.28. The quantitative estimate of drug-likeness (QED) is 0.362. The Morgan fingerprint density at radius 1 is 1.73 bits per heavy atom. The molecule has 6 heteroatoms. The standard InChI is InChI=1S/C5H8ClN5/c6-4-3(1-7)5(11-8)10-2-9-4/h1-2,5,11H,7-8H2. The SMILES string of the molecule is NC=C1C(Cl)=NC=NC1NN. The van der Waals surface area contributed by atoms with E-state index in [2.05, 4.69) is 15.4 Å². The Hall–Kier alpha value is -0.910. The first-order chi connectivity index (χ1) is 5.29. The number of nitrogens with one attached hydrogen (secondary N) is 1. The van der Waals surface area contributed by atoms with Gasteiger partial charge in [-0.1, -0.05) is 11.6 Å². The number of nitrogens with zero attached hydrogens (tertiary/aromatic N) is 2. The maximum atomic E-state index is 5.67. The van der Waals surface area contributed by atoms with Crippen molar-refractivity contribution in [3.05, 3.63) is 11.8 Å². The lowest BCUT2D eigenvalue weighted by atomic mass is 10.2. The van der Waals surface area contributed by atoms with Gasteiger partial charge in [0.15, 0.2) is 0 Å². The van der Waals surface area contributed by atoms with Crippen LogP contribution in [0.4, 0.5) is 0 Å². The lowest BCUT2D eigenvalue weighted by molar-refractivity contribution is 0.631. The van der Waals surface area contributed by atoms with Crippen LogP contribution in [0.3, 0.4) is 0 Å². The van der Waals surface area contributed by atoms with Gasteiger partial charge in [-0.3, -0.25) is 5.84 Å². The van der Waals surface area contributed by atoms with Crippen LogP contribution in [0.1, 0.15) is 0 Å². The number of hydrogen-bond donors (Lipinski definition) is 3. The Labute approximate surface area is 68.8 Å². The van der Waals surface area contributed by atoms with Gasteiger partial charge in [0, 0.05) is 11.8 Å². The Morgan fingerprint density at radius 2 is 2.45 bits per heavy atom. The van der Waals surface area contributed by atoms with Crippen LogP contribution in [0.25, 0.3) is 0 Å². The average Bonchev–Trinajstić information content (AvgIpc) is 2.04. The summed E-state index contributed by atoms with van der Waals surface area (Å²) in [5, 5.41) is 0.311. The zero-order valence-corrected chi connectivity index (χ0v) is 6.42. The highest BCUT2D eigenvalue weighted by atomic mass is 35.5. The zero-order valence-electron chi connectivity index (χ0n) is 5.66. The van der Waals surface area contributed by atoms with Crippen LogP contribution in [-0.4, -0.2) is 17.7 Å². The predicted octanol–water partition coefficient (Wildman–Crippen LogP) is -0.702. The topological polar surface area (TPSA) is 88.8 Å². The molecule has 0 fully saturated rings. The first kappa shape index (κ1) is 8.19.